The van der Waals surface area contributed by atoms with Gasteiger partial charge in [-0.15, -0.1) is 0 Å². The minimum absolute atomic E-state index is 0. The number of hydrogen-bond donors (Lipinski definition) is 5. The average Bonchev–Trinajstić information content (AvgIpc) is 2.30. The molecule has 8 N–H and O–H groups in total. The lowest BCUT2D eigenvalue weighted by atomic mass is 9.92. The Balaban J connectivity index is 0.00000324. The molecule has 0 radical (unpaired) electrons. The van der Waals surface area contributed by atoms with Crippen molar-refractivity contribution in [1.82, 2.24) is 6.15 Å². The summed E-state index contributed by atoms with van der Waals surface area (Å²) in [6.45, 7) is -0.520. The van der Waals surface area contributed by atoms with Gasteiger partial charge in [0.25, 0.3) is 0 Å². The maximum Gasteiger partial charge on any atom is 0.210 e. The molecule has 2 unspecified atom stereocenters. The summed E-state index contributed by atoms with van der Waals surface area (Å²) in [6.07, 6.45) is -7.28. The Kier molecular flexibility index (Phi) is 6.12. The number of rotatable bonds is 4. The molecular weight excluding hydrogens is 264 g/mol. The lowest BCUT2D eigenvalue weighted by Gasteiger charge is -2.44. The highest BCUT2D eigenvalue weighted by atomic mass is 16.7. The summed E-state index contributed by atoms with van der Waals surface area (Å²) in [5.41, 5.74) is 8.06. The minimum atomic E-state index is -2.82. The highest BCUT2D eigenvalue weighted by Gasteiger charge is 2.48. The topological polar surface area (TPSA) is 216 Å². The first-order valence-corrected chi connectivity index (χ1v) is 4.98. The SMILES string of the molecule is [N-]=[N+]=NC[C@@H](O)C1O[C@@](O)(C(=O)[O-])CC(O)[C@H]1O.[NH4+]. The van der Waals surface area contributed by atoms with Gasteiger partial charge in [-0.25, -0.2) is 0 Å². The number of carbonyl (C=O) groups excluding carboxylic acids is 1. The summed E-state index contributed by atoms with van der Waals surface area (Å²) >= 11 is 0. The largest absolute Gasteiger partial charge is 0.544 e. The van der Waals surface area contributed by atoms with Crippen LogP contribution in [0.15, 0.2) is 5.11 Å². The number of ether oxygens (including phenoxy) is 1. The third kappa shape index (κ3) is 3.75. The Morgan fingerprint density at radius 2 is 2.21 bits per heavy atom. The lowest BCUT2D eigenvalue weighted by Crippen LogP contribution is -2.64. The Hall–Kier alpha value is -1.46. The minimum Gasteiger partial charge on any atom is -0.544 e. The molecule has 19 heavy (non-hydrogen) atoms. The fourth-order valence-corrected chi connectivity index (χ4v) is 1.63. The maximum absolute atomic E-state index is 10.7. The molecule has 1 fully saturated rings. The molecule has 0 spiro atoms. The number of nitrogens with zero attached hydrogens (tertiary/aromatic N) is 3. The van der Waals surface area contributed by atoms with Crippen LogP contribution in [0.25, 0.3) is 10.4 Å². The molecule has 1 rings (SSSR count). The first-order valence-electron chi connectivity index (χ1n) is 4.98. The molecule has 0 saturated carbocycles. The monoisotopic (exact) mass is 280 g/mol. The third-order valence-corrected chi connectivity index (χ3v) is 2.58. The average molecular weight is 280 g/mol. The number of carbonyl (C=O) groups is 1. The van der Waals surface area contributed by atoms with Gasteiger partial charge >= 0.3 is 0 Å². The van der Waals surface area contributed by atoms with Crippen molar-refractivity contribution in [3.8, 4) is 0 Å². The predicted molar refractivity (Wildman–Crippen MR) is 57.5 cm³/mol. The molecule has 0 bridgehead atoms. The Bertz CT molecular complexity index is 374. The second-order valence-corrected chi connectivity index (χ2v) is 3.90. The van der Waals surface area contributed by atoms with Crippen molar-refractivity contribution in [2.45, 2.75) is 36.6 Å². The van der Waals surface area contributed by atoms with Crippen molar-refractivity contribution in [1.29, 1.82) is 0 Å². The van der Waals surface area contributed by atoms with Gasteiger partial charge in [0, 0.05) is 11.3 Å². The summed E-state index contributed by atoms with van der Waals surface area (Å²) in [6, 6.07) is 0. The van der Waals surface area contributed by atoms with E-state index in [-0.39, 0.29) is 6.15 Å². The number of hydrogen-bond acceptors (Lipinski definition) is 8. The number of aliphatic hydroxyl groups is 4. The second-order valence-electron chi connectivity index (χ2n) is 3.90. The maximum atomic E-state index is 10.7. The van der Waals surface area contributed by atoms with Crippen LogP contribution in [-0.2, 0) is 9.53 Å². The lowest BCUT2D eigenvalue weighted by molar-refractivity contribution is -0.378. The summed E-state index contributed by atoms with van der Waals surface area (Å²) in [7, 11) is 0. The molecule has 11 heteroatoms. The number of aliphatic hydroxyl groups excluding tert-OH is 3. The van der Waals surface area contributed by atoms with E-state index in [4.69, 9.17) is 5.53 Å². The van der Waals surface area contributed by atoms with Crippen LogP contribution in [0.5, 0.6) is 0 Å². The standard InChI is InChI=1S/C8H13N3O7.H3N/c9-11-10-2-4(13)6-5(14)3(12)1-8(17,18-6)7(15)16;/h3-6,12-14,17H,1-2H2,(H,15,16);1H3/t3?,4-,5-,6?,8-;/m1./s1. The van der Waals surface area contributed by atoms with Gasteiger partial charge in [-0.05, 0) is 5.53 Å². The van der Waals surface area contributed by atoms with Crippen molar-refractivity contribution in [2.75, 3.05) is 6.54 Å². The summed E-state index contributed by atoms with van der Waals surface area (Å²) < 4.78 is 4.63. The quantitative estimate of drug-likeness (QED) is 0.204. The van der Waals surface area contributed by atoms with Crippen LogP contribution in [0.3, 0.4) is 0 Å². The number of azide groups is 1. The molecule has 1 saturated heterocycles. The van der Waals surface area contributed by atoms with Crippen molar-refractivity contribution in [3.63, 3.8) is 0 Å². The van der Waals surface area contributed by atoms with Crippen molar-refractivity contribution >= 4 is 5.97 Å². The van der Waals surface area contributed by atoms with Gasteiger partial charge in [0.2, 0.25) is 5.79 Å². The Morgan fingerprint density at radius 1 is 1.63 bits per heavy atom. The smallest absolute Gasteiger partial charge is 0.210 e. The summed E-state index contributed by atoms with van der Waals surface area (Å²) in [5.74, 6) is -4.82. The Labute approximate surface area is 107 Å². The molecule has 11 nitrogen and oxygen atoms in total. The zero-order chi connectivity index (χ0) is 13.9. The highest BCUT2D eigenvalue weighted by Crippen LogP contribution is 2.29. The second kappa shape index (κ2) is 6.63. The number of aliphatic carboxylic acids is 1. The van der Waals surface area contributed by atoms with Crippen molar-refractivity contribution in [3.05, 3.63) is 10.4 Å². The molecule has 0 aromatic carbocycles. The van der Waals surface area contributed by atoms with E-state index in [0.29, 0.717) is 0 Å². The van der Waals surface area contributed by atoms with Crippen LogP contribution in [0.4, 0.5) is 0 Å². The zero-order valence-corrected chi connectivity index (χ0v) is 10.1. The summed E-state index contributed by atoms with van der Waals surface area (Å²) in [5, 5.41) is 51.7. The molecule has 0 aliphatic carbocycles. The van der Waals surface area contributed by atoms with E-state index in [1.54, 1.807) is 0 Å². The van der Waals surface area contributed by atoms with E-state index < -0.39 is 49.1 Å². The van der Waals surface area contributed by atoms with Crippen LogP contribution in [-0.4, -0.2) is 63.1 Å². The van der Waals surface area contributed by atoms with Crippen molar-refractivity contribution in [2.24, 2.45) is 5.11 Å². The number of carboxylic acid groups (broad SMARTS) is 1. The first-order chi connectivity index (χ1) is 8.31. The molecule has 5 atom stereocenters. The summed E-state index contributed by atoms with van der Waals surface area (Å²) in [4.78, 5) is 13.0. The van der Waals surface area contributed by atoms with Gasteiger partial charge in [-0.2, -0.15) is 0 Å². The molecule has 0 aromatic rings. The third-order valence-electron chi connectivity index (χ3n) is 2.58. The number of quaternary nitrogens is 1. The van der Waals surface area contributed by atoms with Gasteiger partial charge < -0.3 is 41.2 Å². The van der Waals surface area contributed by atoms with Crippen LogP contribution >= 0.6 is 0 Å². The van der Waals surface area contributed by atoms with Gasteiger partial charge in [0.1, 0.15) is 18.2 Å². The molecule has 110 valence electrons. The van der Waals surface area contributed by atoms with E-state index in [9.17, 15) is 30.3 Å². The van der Waals surface area contributed by atoms with Gasteiger partial charge in [-0.3, -0.25) is 0 Å². The van der Waals surface area contributed by atoms with Gasteiger partial charge in [0.15, 0.2) is 0 Å². The van der Waals surface area contributed by atoms with Gasteiger partial charge in [0.05, 0.1) is 18.8 Å². The molecule has 1 heterocycles. The highest BCUT2D eigenvalue weighted by molar-refractivity contribution is 5.73. The van der Waals surface area contributed by atoms with E-state index in [0.717, 1.165) is 0 Å². The molecule has 0 aromatic heterocycles. The fourth-order valence-electron chi connectivity index (χ4n) is 1.63. The van der Waals surface area contributed by atoms with Crippen LogP contribution in [0, 0.1) is 0 Å². The van der Waals surface area contributed by atoms with Gasteiger partial charge in [-0.1, -0.05) is 5.11 Å². The normalized spacial score (nSPS) is 35.7. The van der Waals surface area contributed by atoms with E-state index in [2.05, 4.69) is 14.8 Å². The van der Waals surface area contributed by atoms with Crippen LogP contribution in [0.2, 0.25) is 0 Å². The first kappa shape index (κ1) is 17.5. The zero-order valence-electron chi connectivity index (χ0n) is 10.1. The molecule has 0 amide bonds. The predicted octanol–water partition coefficient (Wildman–Crippen LogP) is -3.02. The van der Waals surface area contributed by atoms with Crippen LogP contribution < -0.4 is 11.3 Å². The molecular formula is C8H16N4O7. The Morgan fingerprint density at radius 3 is 2.68 bits per heavy atom. The van der Waals surface area contributed by atoms with Crippen LogP contribution in [0.1, 0.15) is 6.42 Å². The number of carboxylic acids is 1. The van der Waals surface area contributed by atoms with E-state index in [1.807, 2.05) is 0 Å². The van der Waals surface area contributed by atoms with E-state index in [1.165, 1.54) is 0 Å². The van der Waals surface area contributed by atoms with Crippen molar-refractivity contribution < 1.29 is 35.1 Å². The van der Waals surface area contributed by atoms with E-state index >= 15 is 0 Å². The fraction of sp³-hybridized carbons (Fsp3) is 0.875. The molecule has 1 aliphatic heterocycles. The molecule has 1 aliphatic rings.